The van der Waals surface area contributed by atoms with Crippen molar-refractivity contribution in [3.05, 3.63) is 65.5 Å². The molecule has 202 valence electrons. The molecule has 1 atom stereocenters. The van der Waals surface area contributed by atoms with Gasteiger partial charge in [0.2, 0.25) is 21.8 Å². The van der Waals surface area contributed by atoms with E-state index in [2.05, 4.69) is 5.32 Å². The number of amides is 2. The van der Waals surface area contributed by atoms with Crippen molar-refractivity contribution in [3.63, 3.8) is 0 Å². The lowest BCUT2D eigenvalue weighted by Crippen LogP contribution is -2.53. The molecule has 2 amide bonds. The minimum atomic E-state index is -3.82. The summed E-state index contributed by atoms with van der Waals surface area (Å²) in [7, 11) is -3.82. The van der Waals surface area contributed by atoms with Gasteiger partial charge in [0, 0.05) is 18.2 Å². The fourth-order valence-electron chi connectivity index (χ4n) is 4.60. The Bertz CT molecular complexity index is 1180. The van der Waals surface area contributed by atoms with Gasteiger partial charge in [-0.2, -0.15) is 0 Å². The number of carbonyl (C=O) groups is 2. The van der Waals surface area contributed by atoms with E-state index < -0.39 is 34.3 Å². The Labute approximate surface area is 220 Å². The average molecular weight is 532 g/mol. The Morgan fingerprint density at radius 1 is 1.00 bits per heavy atom. The van der Waals surface area contributed by atoms with E-state index in [4.69, 9.17) is 0 Å². The molecular formula is C28H38FN3O4S. The van der Waals surface area contributed by atoms with Gasteiger partial charge < -0.3 is 10.2 Å². The lowest BCUT2D eigenvalue weighted by molar-refractivity contribution is -0.139. The van der Waals surface area contributed by atoms with E-state index in [0.717, 1.165) is 48.2 Å². The highest BCUT2D eigenvalue weighted by atomic mass is 32.2. The SMILES string of the molecule is CC(C)c1ccc(N(CC(=O)N(Cc2ccccc2F)C(C)C(=O)NC2CCCCC2)S(C)(=O)=O)cc1. The molecule has 7 nitrogen and oxygen atoms in total. The number of hydrogen-bond acceptors (Lipinski definition) is 4. The Kier molecular flexibility index (Phi) is 9.70. The molecule has 9 heteroatoms. The number of nitrogens with one attached hydrogen (secondary N) is 1. The summed E-state index contributed by atoms with van der Waals surface area (Å²) >= 11 is 0. The largest absolute Gasteiger partial charge is 0.352 e. The van der Waals surface area contributed by atoms with Gasteiger partial charge in [0.15, 0.2) is 0 Å². The highest BCUT2D eigenvalue weighted by Crippen LogP contribution is 2.23. The maximum Gasteiger partial charge on any atom is 0.244 e. The standard InChI is InChI=1S/C28H38FN3O4S/c1-20(2)22-14-16-25(17-15-22)32(37(4,35)36)19-27(33)31(18-23-10-8-9-13-26(23)29)21(3)28(34)30-24-11-6-5-7-12-24/h8-10,13-17,20-21,24H,5-7,11-12,18-19H2,1-4H3,(H,30,34). The normalized spacial score (nSPS) is 15.3. The number of hydrogen-bond donors (Lipinski definition) is 1. The van der Waals surface area contributed by atoms with Crippen LogP contribution in [0.25, 0.3) is 0 Å². The van der Waals surface area contributed by atoms with Gasteiger partial charge in [0.05, 0.1) is 11.9 Å². The van der Waals surface area contributed by atoms with Crippen LogP contribution >= 0.6 is 0 Å². The first-order valence-corrected chi connectivity index (χ1v) is 14.7. The quantitative estimate of drug-likeness (QED) is 0.486. The third-order valence-corrected chi connectivity index (χ3v) is 8.08. The second kappa shape index (κ2) is 12.5. The number of rotatable bonds is 10. The maximum atomic E-state index is 14.5. The Balaban J connectivity index is 1.87. The van der Waals surface area contributed by atoms with Crippen molar-refractivity contribution in [1.82, 2.24) is 10.2 Å². The molecule has 2 aromatic carbocycles. The summed E-state index contributed by atoms with van der Waals surface area (Å²) in [4.78, 5) is 28.0. The summed E-state index contributed by atoms with van der Waals surface area (Å²) in [6, 6.07) is 12.2. The highest BCUT2D eigenvalue weighted by molar-refractivity contribution is 7.92. The number of halogens is 1. The van der Waals surface area contributed by atoms with Gasteiger partial charge in [-0.3, -0.25) is 13.9 Å². The van der Waals surface area contributed by atoms with Crippen molar-refractivity contribution >= 4 is 27.5 Å². The third kappa shape index (κ3) is 7.77. The molecule has 1 fully saturated rings. The van der Waals surface area contributed by atoms with Crippen molar-refractivity contribution in [2.24, 2.45) is 0 Å². The van der Waals surface area contributed by atoms with E-state index in [1.54, 1.807) is 37.3 Å². The van der Waals surface area contributed by atoms with Gasteiger partial charge in [-0.25, -0.2) is 12.8 Å². The first-order valence-electron chi connectivity index (χ1n) is 12.9. The Morgan fingerprint density at radius 2 is 1.62 bits per heavy atom. The van der Waals surface area contributed by atoms with E-state index >= 15 is 0 Å². The molecule has 0 aromatic heterocycles. The number of benzene rings is 2. The van der Waals surface area contributed by atoms with E-state index in [9.17, 15) is 22.4 Å². The topological polar surface area (TPSA) is 86.8 Å². The zero-order valence-corrected chi connectivity index (χ0v) is 22.9. The summed E-state index contributed by atoms with van der Waals surface area (Å²) in [5.41, 5.74) is 1.64. The second-order valence-corrected chi connectivity index (χ2v) is 12.1. The third-order valence-electron chi connectivity index (χ3n) is 6.94. The van der Waals surface area contributed by atoms with Gasteiger partial charge in [-0.15, -0.1) is 0 Å². The molecule has 1 N–H and O–H groups in total. The van der Waals surface area contributed by atoms with E-state index in [-0.39, 0.29) is 30.0 Å². The fraction of sp³-hybridized carbons (Fsp3) is 0.500. The Hall–Kier alpha value is -2.94. The second-order valence-electron chi connectivity index (χ2n) is 10.1. The lowest BCUT2D eigenvalue weighted by atomic mass is 9.95. The van der Waals surface area contributed by atoms with Crippen molar-refractivity contribution in [3.8, 4) is 0 Å². The first-order chi connectivity index (χ1) is 17.5. The summed E-state index contributed by atoms with van der Waals surface area (Å²) < 4.78 is 41.0. The molecule has 3 rings (SSSR count). The number of anilines is 1. The number of carbonyl (C=O) groups excluding carboxylic acids is 2. The molecule has 2 aromatic rings. The maximum absolute atomic E-state index is 14.5. The van der Waals surface area contributed by atoms with Crippen LogP contribution in [0.5, 0.6) is 0 Å². The summed E-state index contributed by atoms with van der Waals surface area (Å²) in [5.74, 6) is -1.15. The van der Waals surface area contributed by atoms with Crippen LogP contribution in [-0.2, 0) is 26.2 Å². The summed E-state index contributed by atoms with van der Waals surface area (Å²) in [5, 5.41) is 3.03. The van der Waals surface area contributed by atoms with Gasteiger partial charge in [-0.1, -0.05) is 63.4 Å². The van der Waals surface area contributed by atoms with Gasteiger partial charge in [0.1, 0.15) is 18.4 Å². The van der Waals surface area contributed by atoms with Crippen LogP contribution in [0.3, 0.4) is 0 Å². The molecule has 1 saturated carbocycles. The van der Waals surface area contributed by atoms with Crippen LogP contribution in [0, 0.1) is 5.82 Å². The number of nitrogens with zero attached hydrogens (tertiary/aromatic N) is 2. The fourth-order valence-corrected chi connectivity index (χ4v) is 5.45. The van der Waals surface area contributed by atoms with Crippen LogP contribution in [0.1, 0.15) is 69.9 Å². The molecule has 1 unspecified atom stereocenters. The van der Waals surface area contributed by atoms with Crippen molar-refractivity contribution in [1.29, 1.82) is 0 Å². The van der Waals surface area contributed by atoms with Crippen LogP contribution in [0.2, 0.25) is 0 Å². The zero-order chi connectivity index (χ0) is 27.2. The van der Waals surface area contributed by atoms with Gasteiger partial charge >= 0.3 is 0 Å². The lowest BCUT2D eigenvalue weighted by Gasteiger charge is -2.33. The minimum absolute atomic E-state index is 0.0427. The summed E-state index contributed by atoms with van der Waals surface area (Å²) in [6.45, 7) is 5.00. The van der Waals surface area contributed by atoms with Crippen LogP contribution in [0.4, 0.5) is 10.1 Å². The van der Waals surface area contributed by atoms with Crippen molar-refractivity contribution in [2.75, 3.05) is 17.1 Å². The molecule has 0 saturated heterocycles. The van der Waals surface area contributed by atoms with Crippen LogP contribution in [0.15, 0.2) is 48.5 Å². The minimum Gasteiger partial charge on any atom is -0.352 e. The molecule has 37 heavy (non-hydrogen) atoms. The Morgan fingerprint density at radius 3 is 2.19 bits per heavy atom. The molecule has 0 radical (unpaired) electrons. The molecule has 1 aliphatic rings. The van der Waals surface area contributed by atoms with Crippen LogP contribution in [-0.4, -0.2) is 50.0 Å². The predicted molar refractivity (Wildman–Crippen MR) is 144 cm³/mol. The van der Waals surface area contributed by atoms with E-state index in [0.29, 0.717) is 5.69 Å². The van der Waals surface area contributed by atoms with Gasteiger partial charge in [-0.05, 0) is 49.4 Å². The molecule has 0 aliphatic heterocycles. The molecule has 0 bridgehead atoms. The average Bonchev–Trinajstić information content (AvgIpc) is 2.86. The number of sulfonamides is 1. The van der Waals surface area contributed by atoms with E-state index in [1.165, 1.54) is 11.0 Å². The molecule has 0 heterocycles. The molecule has 1 aliphatic carbocycles. The van der Waals surface area contributed by atoms with E-state index in [1.807, 2.05) is 26.0 Å². The highest BCUT2D eigenvalue weighted by Gasteiger charge is 2.31. The monoisotopic (exact) mass is 531 g/mol. The molecule has 0 spiro atoms. The van der Waals surface area contributed by atoms with Crippen LogP contribution < -0.4 is 9.62 Å². The first kappa shape index (κ1) is 28.6. The predicted octanol–water partition coefficient (Wildman–Crippen LogP) is 4.58. The van der Waals surface area contributed by atoms with Gasteiger partial charge in [0.25, 0.3) is 0 Å². The van der Waals surface area contributed by atoms with Crippen molar-refractivity contribution < 1.29 is 22.4 Å². The van der Waals surface area contributed by atoms with Crippen molar-refractivity contribution in [2.45, 2.75) is 77.4 Å². The summed E-state index contributed by atoms with van der Waals surface area (Å²) in [6.07, 6.45) is 6.02. The molecular weight excluding hydrogens is 493 g/mol. The zero-order valence-electron chi connectivity index (χ0n) is 22.1. The smallest absolute Gasteiger partial charge is 0.244 e.